The molecule has 0 aromatic carbocycles. The zero-order chi connectivity index (χ0) is 20.7. The van der Waals surface area contributed by atoms with Crippen molar-refractivity contribution < 1.29 is 20.1 Å². The van der Waals surface area contributed by atoms with E-state index in [9.17, 15) is 20.1 Å². The lowest BCUT2D eigenvalue weighted by atomic mass is 9.43. The number of carboxylic acid groups (broad SMARTS) is 1. The number of fused-ring (bicyclic) bond motifs is 5. The van der Waals surface area contributed by atoms with Gasteiger partial charge in [-0.2, -0.15) is 0 Å². The van der Waals surface area contributed by atoms with E-state index >= 15 is 0 Å². The average Bonchev–Trinajstić information content (AvgIpc) is 3.39. The summed E-state index contributed by atoms with van der Waals surface area (Å²) < 4.78 is 0. The average molecular weight is 405 g/mol. The van der Waals surface area contributed by atoms with Gasteiger partial charge in [-0.25, -0.2) is 0 Å². The molecule has 164 valence electrons. The molecule has 0 radical (unpaired) electrons. The number of aliphatic hydroxyl groups excluding tert-OH is 2. The first-order valence-electron chi connectivity index (χ1n) is 12.3. The first-order valence-corrected chi connectivity index (χ1v) is 12.3. The molecule has 0 saturated heterocycles. The molecule has 0 heterocycles. The Kier molecular flexibility index (Phi) is 4.68. The van der Waals surface area contributed by atoms with Crippen LogP contribution in [0.4, 0.5) is 0 Å². The largest absolute Gasteiger partial charge is 0.481 e. The summed E-state index contributed by atoms with van der Waals surface area (Å²) in [5.74, 6) is 2.76. The van der Waals surface area contributed by atoms with Crippen LogP contribution in [0.1, 0.15) is 78.6 Å². The lowest BCUT2D eigenvalue weighted by molar-refractivity contribution is -0.174. The summed E-state index contributed by atoms with van der Waals surface area (Å²) in [6, 6.07) is 0. The minimum atomic E-state index is -0.605. The summed E-state index contributed by atoms with van der Waals surface area (Å²) in [7, 11) is 0. The Labute approximate surface area is 175 Å². The quantitative estimate of drug-likeness (QED) is 0.654. The van der Waals surface area contributed by atoms with Gasteiger partial charge in [0.1, 0.15) is 0 Å². The number of hydrogen-bond acceptors (Lipinski definition) is 3. The van der Waals surface area contributed by atoms with E-state index < -0.39 is 5.97 Å². The maximum atomic E-state index is 11.4. The highest BCUT2D eigenvalue weighted by Gasteiger charge is 2.64. The topological polar surface area (TPSA) is 77.8 Å². The second-order valence-electron chi connectivity index (χ2n) is 12.2. The van der Waals surface area contributed by atoms with Gasteiger partial charge in [-0.1, -0.05) is 20.8 Å². The number of hydrogen-bond donors (Lipinski definition) is 3. The summed E-state index contributed by atoms with van der Waals surface area (Å²) in [5.41, 5.74) is 0.531. The molecular formula is C25H40O4. The van der Waals surface area contributed by atoms with Crippen LogP contribution in [0.15, 0.2) is 0 Å². The van der Waals surface area contributed by atoms with Gasteiger partial charge < -0.3 is 15.3 Å². The van der Waals surface area contributed by atoms with Crippen molar-refractivity contribution in [2.45, 2.75) is 90.8 Å². The second kappa shape index (κ2) is 6.69. The zero-order valence-corrected chi connectivity index (χ0v) is 18.4. The maximum absolute atomic E-state index is 11.4. The van der Waals surface area contributed by atoms with Crippen LogP contribution in [0.25, 0.3) is 0 Å². The Bertz CT molecular complexity index is 678. The van der Waals surface area contributed by atoms with Crippen LogP contribution in [0, 0.1) is 58.2 Å². The van der Waals surface area contributed by atoms with Crippen molar-refractivity contribution in [2.24, 2.45) is 58.2 Å². The van der Waals surface area contributed by atoms with E-state index in [1.165, 1.54) is 25.7 Å². The lowest BCUT2D eigenvalue weighted by Gasteiger charge is -2.62. The molecule has 0 aromatic heterocycles. The Morgan fingerprint density at radius 2 is 1.62 bits per heavy atom. The van der Waals surface area contributed by atoms with Crippen LogP contribution in [-0.2, 0) is 4.79 Å². The second-order valence-corrected chi connectivity index (χ2v) is 12.2. The summed E-state index contributed by atoms with van der Waals surface area (Å²) in [4.78, 5) is 11.4. The van der Waals surface area contributed by atoms with Gasteiger partial charge in [0.05, 0.1) is 18.1 Å². The molecule has 5 aliphatic rings. The van der Waals surface area contributed by atoms with Gasteiger partial charge in [0.15, 0.2) is 0 Å². The molecule has 0 unspecified atom stereocenters. The van der Waals surface area contributed by atoms with Gasteiger partial charge in [0, 0.05) is 0 Å². The van der Waals surface area contributed by atoms with Gasteiger partial charge in [-0.05, 0) is 110 Å². The minimum absolute atomic E-state index is 0.113. The fourth-order valence-electron chi connectivity index (χ4n) is 9.48. The van der Waals surface area contributed by atoms with Crippen LogP contribution in [0.3, 0.4) is 0 Å². The summed E-state index contributed by atoms with van der Waals surface area (Å²) in [5, 5.41) is 30.9. The standard InChI is InChI=1S/C25H40O4/c1-13(16-12-17(16)23(28)29)18-4-5-19-22-20(7-9-25(18,19)3)24(2)8-6-15(26)10-14(24)11-21(22)27/h13-22,26-27H,4-12H2,1-3H3,(H,28,29)/t13-,14+,15-,16-,17+,18-,19+,20+,21+,22+,24+,25-/m1/s1. The number of rotatable bonds is 3. The van der Waals surface area contributed by atoms with E-state index in [-0.39, 0.29) is 29.0 Å². The zero-order valence-electron chi connectivity index (χ0n) is 18.4. The predicted octanol–water partition coefficient (Wildman–Crippen LogP) is 4.33. The Morgan fingerprint density at radius 1 is 0.931 bits per heavy atom. The van der Waals surface area contributed by atoms with Crippen molar-refractivity contribution in [1.82, 2.24) is 0 Å². The molecule has 0 spiro atoms. The number of aliphatic carboxylic acids is 1. The third-order valence-corrected chi connectivity index (χ3v) is 11.2. The van der Waals surface area contributed by atoms with E-state index in [0.29, 0.717) is 41.4 Å². The molecule has 4 nitrogen and oxygen atoms in total. The van der Waals surface area contributed by atoms with Crippen molar-refractivity contribution in [1.29, 1.82) is 0 Å². The van der Waals surface area contributed by atoms with Crippen LogP contribution in [-0.4, -0.2) is 33.5 Å². The summed E-state index contributed by atoms with van der Waals surface area (Å²) >= 11 is 0. The third-order valence-electron chi connectivity index (χ3n) is 11.2. The first-order chi connectivity index (χ1) is 13.7. The fraction of sp³-hybridized carbons (Fsp3) is 0.960. The highest BCUT2D eigenvalue weighted by Crippen LogP contribution is 2.69. The van der Waals surface area contributed by atoms with Crippen LogP contribution < -0.4 is 0 Å². The number of carbonyl (C=O) groups is 1. The Hall–Kier alpha value is -0.610. The molecule has 0 bridgehead atoms. The van der Waals surface area contributed by atoms with E-state index in [4.69, 9.17) is 0 Å². The van der Waals surface area contributed by atoms with Gasteiger partial charge in [-0.15, -0.1) is 0 Å². The van der Waals surface area contributed by atoms with E-state index in [1.807, 2.05) is 0 Å². The smallest absolute Gasteiger partial charge is 0.306 e. The highest BCUT2D eigenvalue weighted by molar-refractivity contribution is 5.73. The minimum Gasteiger partial charge on any atom is -0.481 e. The molecule has 5 rings (SSSR count). The molecule has 0 aromatic rings. The molecule has 0 aliphatic heterocycles. The SMILES string of the molecule is C[C@H]([C@H]1C[C@@H]1C(=O)O)[C@H]1CC[C@H]2[C@@H]3[C@@H](O)C[C@@H]4C[C@H](O)CC[C@]4(C)[C@H]3CC[C@]12C. The molecule has 4 heteroatoms. The molecule has 0 amide bonds. The molecule has 5 aliphatic carbocycles. The summed E-state index contributed by atoms with van der Waals surface area (Å²) in [6.07, 6.45) is 9.08. The van der Waals surface area contributed by atoms with E-state index in [2.05, 4.69) is 20.8 Å². The van der Waals surface area contributed by atoms with Crippen LogP contribution in [0.2, 0.25) is 0 Å². The molecule has 3 N–H and O–H groups in total. The molecule has 12 atom stereocenters. The number of carboxylic acids is 1. The van der Waals surface area contributed by atoms with Crippen LogP contribution in [0.5, 0.6) is 0 Å². The van der Waals surface area contributed by atoms with E-state index in [1.54, 1.807) is 0 Å². The molecule has 5 saturated carbocycles. The van der Waals surface area contributed by atoms with Gasteiger partial charge >= 0.3 is 5.97 Å². The Morgan fingerprint density at radius 3 is 2.31 bits per heavy atom. The van der Waals surface area contributed by atoms with Crippen LogP contribution >= 0.6 is 0 Å². The Balaban J connectivity index is 1.39. The van der Waals surface area contributed by atoms with E-state index in [0.717, 1.165) is 32.1 Å². The van der Waals surface area contributed by atoms with Crippen molar-refractivity contribution in [3.05, 3.63) is 0 Å². The fourth-order valence-corrected chi connectivity index (χ4v) is 9.48. The normalized spacial score (nSPS) is 57.3. The highest BCUT2D eigenvalue weighted by atomic mass is 16.4. The van der Waals surface area contributed by atoms with Crippen molar-refractivity contribution in [3.8, 4) is 0 Å². The first kappa shape index (κ1) is 20.3. The number of aliphatic hydroxyl groups is 2. The van der Waals surface area contributed by atoms with Crippen molar-refractivity contribution in [3.63, 3.8) is 0 Å². The third kappa shape index (κ3) is 2.87. The summed E-state index contributed by atoms with van der Waals surface area (Å²) in [6.45, 7) is 7.26. The van der Waals surface area contributed by atoms with Gasteiger partial charge in [0.25, 0.3) is 0 Å². The van der Waals surface area contributed by atoms with Gasteiger partial charge in [-0.3, -0.25) is 4.79 Å². The lowest BCUT2D eigenvalue weighted by Crippen LogP contribution is -2.58. The molecule has 29 heavy (non-hydrogen) atoms. The van der Waals surface area contributed by atoms with Crippen molar-refractivity contribution >= 4 is 5.97 Å². The van der Waals surface area contributed by atoms with Gasteiger partial charge in [0.2, 0.25) is 0 Å². The molecular weight excluding hydrogens is 364 g/mol. The predicted molar refractivity (Wildman–Crippen MR) is 111 cm³/mol. The van der Waals surface area contributed by atoms with Crippen molar-refractivity contribution in [2.75, 3.05) is 0 Å². The molecule has 5 fully saturated rings. The maximum Gasteiger partial charge on any atom is 0.306 e. The monoisotopic (exact) mass is 404 g/mol.